The van der Waals surface area contributed by atoms with Gasteiger partial charge in [-0.25, -0.2) is 0 Å². The molecule has 0 saturated heterocycles. The molecular weight excluding hydrogens is 268 g/mol. The van der Waals surface area contributed by atoms with Gasteiger partial charge in [0.25, 0.3) is 0 Å². The Kier molecular flexibility index (Phi) is 8.76. The van der Waals surface area contributed by atoms with E-state index in [0.29, 0.717) is 0 Å². The topological polar surface area (TPSA) is 214 Å². The van der Waals surface area contributed by atoms with Crippen LogP contribution in [0.4, 0.5) is 0 Å². The normalized spacial score (nSPS) is 11.6. The lowest BCUT2D eigenvalue weighted by Gasteiger charge is -1.95. The van der Waals surface area contributed by atoms with Gasteiger partial charge in [0.05, 0.1) is 0 Å². The minimum atomic E-state index is -5.10. The molecule has 14 heavy (non-hydrogen) atoms. The first kappa shape index (κ1) is 19.4. The number of rotatable bonds is 4. The summed E-state index contributed by atoms with van der Waals surface area (Å²) in [6, 6.07) is 0. The molecule has 0 saturated carbocycles. The summed E-state index contributed by atoms with van der Waals surface area (Å²) in [7, 11) is -10.2. The van der Waals surface area contributed by atoms with Crippen molar-refractivity contribution < 1.29 is 37.4 Å². The number of hydrogen-bond donors (Lipinski definition) is 4. The fraction of sp³-hybridized carbons (Fsp3) is 0. The Hall–Kier alpha value is -0.190. The molecule has 0 rings (SSSR count). The van der Waals surface area contributed by atoms with Crippen molar-refractivity contribution in [1.29, 1.82) is 0 Å². The van der Waals surface area contributed by atoms with Crippen molar-refractivity contribution in [2.45, 2.75) is 0 Å². The van der Waals surface area contributed by atoms with Crippen LogP contribution in [0.15, 0.2) is 0 Å². The summed E-state index contributed by atoms with van der Waals surface area (Å²) >= 11 is -3.33. The van der Waals surface area contributed by atoms with E-state index < -0.39 is 32.2 Å². The van der Waals surface area contributed by atoms with Crippen molar-refractivity contribution in [3.05, 3.63) is 0 Å². The van der Waals surface area contributed by atoms with Crippen LogP contribution in [0, 0.1) is 0 Å². The molecule has 0 aromatic rings. The van der Waals surface area contributed by atoms with Crippen LogP contribution in [0.1, 0.15) is 0 Å². The lowest BCUT2D eigenvalue weighted by molar-refractivity contribution is 0.357. The van der Waals surface area contributed by atoms with E-state index >= 15 is 0 Å². The van der Waals surface area contributed by atoms with Crippen molar-refractivity contribution in [3.63, 3.8) is 0 Å². The van der Waals surface area contributed by atoms with E-state index in [1.165, 1.54) is 0 Å². The van der Waals surface area contributed by atoms with E-state index in [-0.39, 0.29) is 12.3 Å². The van der Waals surface area contributed by atoms with Crippen molar-refractivity contribution in [1.82, 2.24) is 12.3 Å². The van der Waals surface area contributed by atoms with Crippen LogP contribution in [0.3, 0.4) is 0 Å². The Morgan fingerprint density at radius 2 is 1.07 bits per heavy atom. The monoisotopic (exact) mass is 276 g/mol. The van der Waals surface area contributed by atoms with Gasteiger partial charge < -0.3 is 12.3 Å². The molecule has 0 heterocycles. The predicted octanol–water partition coefficient (Wildman–Crippen LogP) is -1.47. The van der Waals surface area contributed by atoms with E-state index in [0.717, 1.165) is 0 Å². The molecule has 0 aliphatic rings. The largest absolute Gasteiger partial charge is 0.412 e. The van der Waals surface area contributed by atoms with E-state index in [1.807, 2.05) is 0 Å². The summed E-state index contributed by atoms with van der Waals surface area (Å²) in [5.41, 5.74) is 0. The maximum absolute atomic E-state index is 10.1. The van der Waals surface area contributed by atoms with Gasteiger partial charge in [-0.1, -0.05) is 0 Å². The van der Waals surface area contributed by atoms with Gasteiger partial charge in [-0.15, -0.1) is 7.26 Å². The fourth-order valence-corrected chi connectivity index (χ4v) is 1.57. The Bertz CT molecular complexity index is 325. The zero-order valence-electron chi connectivity index (χ0n) is 6.39. The molecule has 0 radical (unpaired) electrons. The summed E-state index contributed by atoms with van der Waals surface area (Å²) in [6.45, 7) is 0. The van der Waals surface area contributed by atoms with Gasteiger partial charge in [0.1, 0.15) is 0 Å². The van der Waals surface area contributed by atoms with Gasteiger partial charge >= 0.3 is 32.2 Å². The molecule has 0 amide bonds. The highest BCUT2D eigenvalue weighted by Crippen LogP contribution is 1.98. The third kappa shape index (κ3) is 14.3. The second-order valence-electron chi connectivity index (χ2n) is 1.20. The van der Waals surface area contributed by atoms with Gasteiger partial charge in [0.2, 0.25) is 0 Å². The first-order chi connectivity index (χ1) is 5.10. The molecular formula is H8N2O9S3. The van der Waals surface area contributed by atoms with Gasteiger partial charge in [0.15, 0.2) is 0 Å². The van der Waals surface area contributed by atoms with Crippen molar-refractivity contribution in [2.24, 2.45) is 0 Å². The first-order valence-corrected chi connectivity index (χ1v) is 5.60. The average Bonchev–Trinajstić information content (AvgIpc) is 1.49. The van der Waals surface area contributed by atoms with Gasteiger partial charge in [-0.3, -0.25) is 9.11 Å². The van der Waals surface area contributed by atoms with Crippen LogP contribution in [-0.4, -0.2) is 30.1 Å². The predicted molar refractivity (Wildman–Crippen MR) is 43.5 cm³/mol. The van der Waals surface area contributed by atoms with Gasteiger partial charge in [-0.05, 0) is 0 Å². The summed E-state index contributed by atoms with van der Waals surface area (Å²) in [6.07, 6.45) is 0. The standard InChI is InChI=1S/2H3N.H2O9S3/c;;1-10(8-11(2,3)4)9-12(5,6)7/h2*1H3;(H,2,3,4)(H,5,6,7). The van der Waals surface area contributed by atoms with Crippen LogP contribution >= 0.6 is 0 Å². The molecule has 0 unspecified atom stereocenters. The summed E-state index contributed by atoms with van der Waals surface area (Å²) in [5, 5.41) is 0. The molecule has 90 valence electrons. The van der Waals surface area contributed by atoms with Crippen LogP contribution < -0.4 is 12.3 Å². The molecule has 0 atom stereocenters. The van der Waals surface area contributed by atoms with Gasteiger partial charge in [0, 0.05) is 0 Å². The maximum Gasteiger partial charge on any atom is 0.412 e. The van der Waals surface area contributed by atoms with E-state index in [4.69, 9.17) is 9.11 Å². The van der Waals surface area contributed by atoms with Crippen LogP contribution in [0.2, 0.25) is 0 Å². The van der Waals surface area contributed by atoms with Crippen molar-refractivity contribution in [3.8, 4) is 0 Å². The molecule has 0 aromatic heterocycles. The highest BCUT2D eigenvalue weighted by atomic mass is 32.3. The third-order valence-electron chi connectivity index (χ3n) is 0.283. The zero-order valence-corrected chi connectivity index (χ0v) is 8.84. The highest BCUT2D eigenvalue weighted by molar-refractivity contribution is 7.97. The van der Waals surface area contributed by atoms with E-state index in [9.17, 15) is 21.0 Å². The molecule has 0 aliphatic carbocycles. The van der Waals surface area contributed by atoms with Gasteiger partial charge in [-0.2, -0.15) is 21.0 Å². The molecule has 0 fully saturated rings. The molecule has 0 spiro atoms. The Morgan fingerprint density at radius 3 is 1.21 bits per heavy atom. The summed E-state index contributed by atoms with van der Waals surface area (Å²) < 4.78 is 70.6. The maximum atomic E-state index is 10.1. The molecule has 8 N–H and O–H groups in total. The molecule has 11 nitrogen and oxygen atoms in total. The molecule has 0 bridgehead atoms. The van der Waals surface area contributed by atoms with Crippen molar-refractivity contribution >= 4 is 32.2 Å². The Balaban J connectivity index is -0.000000605. The SMILES string of the molecule is N.N.O=S(OS(=O)(=O)O)OS(=O)(=O)O. The second-order valence-corrected chi connectivity index (χ2v) is 4.40. The average molecular weight is 276 g/mol. The Labute approximate surface area is 82.3 Å². The highest BCUT2D eigenvalue weighted by Gasteiger charge is 2.19. The molecule has 0 aromatic carbocycles. The van der Waals surface area contributed by atoms with Crippen LogP contribution in [0.25, 0.3) is 0 Å². The summed E-state index contributed by atoms with van der Waals surface area (Å²) in [4.78, 5) is 0. The fourth-order valence-electron chi connectivity index (χ4n) is 0.152. The van der Waals surface area contributed by atoms with Crippen LogP contribution in [0.5, 0.6) is 0 Å². The smallest absolute Gasteiger partial charge is 0.344 e. The minimum Gasteiger partial charge on any atom is -0.344 e. The minimum absolute atomic E-state index is 0. The second kappa shape index (κ2) is 6.32. The lowest BCUT2D eigenvalue weighted by atomic mass is 14.0. The third-order valence-corrected chi connectivity index (χ3v) is 2.55. The van der Waals surface area contributed by atoms with E-state index in [2.05, 4.69) is 7.26 Å². The van der Waals surface area contributed by atoms with E-state index in [1.54, 1.807) is 0 Å². The Morgan fingerprint density at radius 1 is 0.857 bits per heavy atom. The molecule has 14 heteroatoms. The summed E-state index contributed by atoms with van der Waals surface area (Å²) in [5.74, 6) is 0. The zero-order chi connectivity index (χ0) is 9.99. The van der Waals surface area contributed by atoms with Crippen LogP contribution in [-0.2, 0) is 39.4 Å². The van der Waals surface area contributed by atoms with Crippen molar-refractivity contribution in [2.75, 3.05) is 0 Å². The quantitative estimate of drug-likeness (QED) is 0.434. The molecule has 0 aliphatic heterocycles. The first-order valence-electron chi connectivity index (χ1n) is 1.87. The number of hydrogen-bond acceptors (Lipinski definition) is 9. The lowest BCUT2D eigenvalue weighted by Crippen LogP contribution is -2.13.